The summed E-state index contributed by atoms with van der Waals surface area (Å²) in [6.45, 7) is 2.53. The number of pyridine rings is 1. The van der Waals surface area contributed by atoms with Gasteiger partial charge in [0.25, 0.3) is 0 Å². The van der Waals surface area contributed by atoms with E-state index in [4.69, 9.17) is 0 Å². The lowest BCUT2D eigenvalue weighted by Gasteiger charge is -2.28. The van der Waals surface area contributed by atoms with Crippen molar-refractivity contribution in [1.82, 2.24) is 9.88 Å². The van der Waals surface area contributed by atoms with E-state index < -0.39 is 10.0 Å². The van der Waals surface area contributed by atoms with E-state index in [1.165, 1.54) is 4.31 Å². The first-order chi connectivity index (χ1) is 13.4. The summed E-state index contributed by atoms with van der Waals surface area (Å²) >= 11 is 0. The highest BCUT2D eigenvalue weighted by Gasteiger charge is 2.33. The van der Waals surface area contributed by atoms with E-state index in [-0.39, 0.29) is 23.6 Å². The molecular formula is C21H25N3O3S. The fourth-order valence-electron chi connectivity index (χ4n) is 4.16. The van der Waals surface area contributed by atoms with E-state index in [9.17, 15) is 13.2 Å². The maximum Gasteiger partial charge on any atom is 0.235 e. The Labute approximate surface area is 166 Å². The van der Waals surface area contributed by atoms with Crippen molar-refractivity contribution in [3.63, 3.8) is 0 Å². The molecule has 2 atom stereocenters. The van der Waals surface area contributed by atoms with Crippen LogP contribution in [0, 0.1) is 0 Å². The highest BCUT2D eigenvalue weighted by molar-refractivity contribution is 7.93. The molecule has 1 saturated heterocycles. The van der Waals surface area contributed by atoms with Crippen LogP contribution < -0.4 is 4.31 Å². The van der Waals surface area contributed by atoms with Crippen molar-refractivity contribution in [3.05, 3.63) is 59.4 Å². The summed E-state index contributed by atoms with van der Waals surface area (Å²) in [5.74, 6) is 0.105. The van der Waals surface area contributed by atoms with E-state index in [1.807, 2.05) is 50.4 Å². The fourth-order valence-corrected chi connectivity index (χ4v) is 5.73. The van der Waals surface area contributed by atoms with Crippen LogP contribution >= 0.6 is 0 Å². The summed E-state index contributed by atoms with van der Waals surface area (Å²) in [5, 5.41) is 0. The first kappa shape index (κ1) is 18.9. The lowest BCUT2D eigenvalue weighted by atomic mass is 10.0. The minimum absolute atomic E-state index is 0.0798. The number of carbonyl (C=O) groups is 1. The molecule has 0 saturated carbocycles. The Balaban J connectivity index is 1.50. The quantitative estimate of drug-likeness (QED) is 0.793. The van der Waals surface area contributed by atoms with Gasteiger partial charge in [0, 0.05) is 19.8 Å². The third-order valence-electron chi connectivity index (χ3n) is 5.95. The maximum atomic E-state index is 13.1. The number of sulfonamides is 1. The topological polar surface area (TPSA) is 70.6 Å². The first-order valence-corrected chi connectivity index (χ1v) is 11.3. The van der Waals surface area contributed by atoms with Crippen molar-refractivity contribution >= 4 is 21.6 Å². The van der Waals surface area contributed by atoms with Crippen LogP contribution in [0.5, 0.6) is 0 Å². The molecule has 1 fully saturated rings. The molecule has 1 amide bonds. The van der Waals surface area contributed by atoms with Gasteiger partial charge < -0.3 is 4.90 Å². The summed E-state index contributed by atoms with van der Waals surface area (Å²) in [7, 11) is -1.35. The van der Waals surface area contributed by atoms with Crippen molar-refractivity contribution in [2.24, 2.45) is 0 Å². The summed E-state index contributed by atoms with van der Waals surface area (Å²) in [4.78, 5) is 19.3. The lowest BCUT2D eigenvalue weighted by Crippen LogP contribution is -2.33. The van der Waals surface area contributed by atoms with Gasteiger partial charge in [-0.3, -0.25) is 14.1 Å². The molecule has 2 aliphatic rings. The average molecular weight is 400 g/mol. The molecule has 2 heterocycles. The molecule has 1 aliphatic carbocycles. The first-order valence-electron chi connectivity index (χ1n) is 9.69. The lowest BCUT2D eigenvalue weighted by molar-refractivity contribution is -0.133. The summed E-state index contributed by atoms with van der Waals surface area (Å²) < 4.78 is 25.7. The van der Waals surface area contributed by atoms with Crippen LogP contribution in [0.4, 0.5) is 5.69 Å². The van der Waals surface area contributed by atoms with Crippen LogP contribution in [0.3, 0.4) is 0 Å². The van der Waals surface area contributed by atoms with Gasteiger partial charge in [-0.05, 0) is 55.5 Å². The number of fused-ring (bicyclic) bond motifs is 1. The minimum atomic E-state index is -3.18. The SMILES string of the molecule is CC(c1ccc(N2CCCS2(=O)=O)cc1)N(C)C(=O)C1CCc2cccnc21. The molecule has 1 aliphatic heterocycles. The van der Waals surface area contributed by atoms with Crippen molar-refractivity contribution in [2.45, 2.75) is 38.1 Å². The molecule has 1 aromatic heterocycles. The van der Waals surface area contributed by atoms with Crippen molar-refractivity contribution in [2.75, 3.05) is 23.7 Å². The van der Waals surface area contributed by atoms with Gasteiger partial charge in [0.05, 0.1) is 29.1 Å². The number of benzene rings is 1. The standard InChI is InChI=1S/C21H25N3O3S/c1-15(16-6-9-18(10-7-16)24-13-4-14-28(24,26)27)23(2)21(25)19-11-8-17-5-3-12-22-20(17)19/h3,5-7,9-10,12,15,19H,4,8,11,13-14H2,1-2H3. The molecule has 4 rings (SSSR count). The van der Waals surface area contributed by atoms with Crippen molar-refractivity contribution in [1.29, 1.82) is 0 Å². The number of rotatable bonds is 4. The zero-order valence-electron chi connectivity index (χ0n) is 16.2. The Morgan fingerprint density at radius 3 is 2.68 bits per heavy atom. The molecule has 28 heavy (non-hydrogen) atoms. The highest BCUT2D eigenvalue weighted by Crippen LogP contribution is 2.34. The number of nitrogens with zero attached hydrogens (tertiary/aromatic N) is 3. The predicted octanol–water partition coefficient (Wildman–Crippen LogP) is 2.87. The smallest absolute Gasteiger partial charge is 0.235 e. The number of carbonyl (C=O) groups excluding carboxylic acids is 1. The van der Waals surface area contributed by atoms with Crippen LogP contribution in [0.1, 0.15) is 48.5 Å². The second kappa shape index (κ2) is 7.20. The van der Waals surface area contributed by atoms with E-state index in [0.717, 1.165) is 29.7 Å². The van der Waals surface area contributed by atoms with Gasteiger partial charge in [-0.1, -0.05) is 18.2 Å². The van der Waals surface area contributed by atoms with Crippen LogP contribution in [0.25, 0.3) is 0 Å². The van der Waals surface area contributed by atoms with Crippen molar-refractivity contribution in [3.8, 4) is 0 Å². The normalized spacial score (nSPS) is 21.4. The molecule has 7 heteroatoms. The Morgan fingerprint density at radius 1 is 1.25 bits per heavy atom. The fraction of sp³-hybridized carbons (Fsp3) is 0.429. The van der Waals surface area contributed by atoms with Gasteiger partial charge in [0.2, 0.25) is 15.9 Å². The van der Waals surface area contributed by atoms with E-state index in [0.29, 0.717) is 18.7 Å². The second-order valence-electron chi connectivity index (χ2n) is 7.60. The van der Waals surface area contributed by atoms with Crippen LogP contribution in [-0.2, 0) is 21.2 Å². The molecule has 0 radical (unpaired) electrons. The van der Waals surface area contributed by atoms with Gasteiger partial charge in [-0.15, -0.1) is 0 Å². The molecule has 6 nitrogen and oxygen atoms in total. The molecule has 0 N–H and O–H groups in total. The number of aryl methyl sites for hydroxylation is 1. The Kier molecular flexibility index (Phi) is 4.87. The summed E-state index contributed by atoms with van der Waals surface area (Å²) in [6.07, 6.45) is 4.10. The summed E-state index contributed by atoms with van der Waals surface area (Å²) in [6, 6.07) is 11.4. The molecule has 2 aromatic rings. The van der Waals surface area contributed by atoms with Gasteiger partial charge in [0.15, 0.2) is 0 Å². The monoisotopic (exact) mass is 399 g/mol. The minimum Gasteiger partial charge on any atom is -0.338 e. The maximum absolute atomic E-state index is 13.1. The number of hydrogen-bond acceptors (Lipinski definition) is 4. The Bertz CT molecular complexity index is 988. The number of likely N-dealkylation sites (N-methyl/N-ethyl adjacent to an activating group) is 1. The molecule has 0 spiro atoms. The second-order valence-corrected chi connectivity index (χ2v) is 9.61. The number of anilines is 1. The molecule has 148 valence electrons. The van der Waals surface area contributed by atoms with Crippen LogP contribution in [0.15, 0.2) is 42.6 Å². The van der Waals surface area contributed by atoms with Gasteiger partial charge in [-0.25, -0.2) is 8.42 Å². The van der Waals surface area contributed by atoms with Gasteiger partial charge >= 0.3 is 0 Å². The molecular weight excluding hydrogens is 374 g/mol. The van der Waals surface area contributed by atoms with Gasteiger partial charge in [0.1, 0.15) is 0 Å². The Hall–Kier alpha value is -2.41. The average Bonchev–Trinajstić information content (AvgIpc) is 3.29. The van der Waals surface area contributed by atoms with Crippen LogP contribution in [-0.4, -0.2) is 43.6 Å². The zero-order valence-corrected chi connectivity index (χ0v) is 17.0. The highest BCUT2D eigenvalue weighted by atomic mass is 32.2. The van der Waals surface area contributed by atoms with E-state index in [2.05, 4.69) is 4.98 Å². The molecule has 0 bridgehead atoms. The molecule has 2 unspecified atom stereocenters. The third kappa shape index (κ3) is 3.28. The van der Waals surface area contributed by atoms with E-state index in [1.54, 1.807) is 11.1 Å². The number of amides is 1. The number of hydrogen-bond donors (Lipinski definition) is 0. The number of aromatic nitrogens is 1. The van der Waals surface area contributed by atoms with E-state index >= 15 is 0 Å². The largest absolute Gasteiger partial charge is 0.338 e. The van der Waals surface area contributed by atoms with Gasteiger partial charge in [-0.2, -0.15) is 0 Å². The Morgan fingerprint density at radius 2 is 2.00 bits per heavy atom. The summed E-state index contributed by atoms with van der Waals surface area (Å²) in [5.41, 5.74) is 3.74. The van der Waals surface area contributed by atoms with Crippen LogP contribution in [0.2, 0.25) is 0 Å². The van der Waals surface area contributed by atoms with Crippen molar-refractivity contribution < 1.29 is 13.2 Å². The zero-order chi connectivity index (χ0) is 19.9. The third-order valence-corrected chi connectivity index (χ3v) is 7.82. The molecule has 1 aromatic carbocycles. The predicted molar refractivity (Wildman–Crippen MR) is 109 cm³/mol.